The highest BCUT2D eigenvalue weighted by molar-refractivity contribution is 5.47. The van der Waals surface area contributed by atoms with E-state index in [4.69, 9.17) is 4.74 Å². The van der Waals surface area contributed by atoms with Gasteiger partial charge in [-0.05, 0) is 45.0 Å². The van der Waals surface area contributed by atoms with Gasteiger partial charge in [-0.15, -0.1) is 0 Å². The maximum atomic E-state index is 12.3. The van der Waals surface area contributed by atoms with Crippen LogP contribution in [0.4, 0.5) is 14.5 Å². The summed E-state index contributed by atoms with van der Waals surface area (Å²) in [5.41, 5.74) is 0.670. The van der Waals surface area contributed by atoms with Crippen LogP contribution in [-0.4, -0.2) is 18.6 Å². The fourth-order valence-corrected chi connectivity index (χ4v) is 1.23. The maximum absolute atomic E-state index is 12.3. The molecule has 0 aliphatic carbocycles. The van der Waals surface area contributed by atoms with Crippen molar-refractivity contribution in [1.29, 1.82) is 0 Å². The van der Waals surface area contributed by atoms with Gasteiger partial charge in [0.2, 0.25) is 0 Å². The summed E-state index contributed by atoms with van der Waals surface area (Å²) in [5.74, 6) is 0.741. The van der Waals surface area contributed by atoms with Gasteiger partial charge < -0.3 is 10.1 Å². The predicted molar refractivity (Wildman–Crippen MR) is 61.3 cm³/mol. The summed E-state index contributed by atoms with van der Waals surface area (Å²) in [4.78, 5) is 0. The molecular formula is C12H17F2NO. The molecule has 4 heteroatoms. The Morgan fingerprint density at radius 1 is 1.06 bits per heavy atom. The van der Waals surface area contributed by atoms with Gasteiger partial charge in [0.15, 0.2) is 0 Å². The Bertz CT molecular complexity index is 311. The Hall–Kier alpha value is -1.32. The molecule has 0 aliphatic rings. The van der Waals surface area contributed by atoms with Crippen molar-refractivity contribution in [2.75, 3.05) is 5.32 Å². The molecule has 0 amide bonds. The second-order valence-electron chi connectivity index (χ2n) is 3.96. The molecule has 1 rings (SSSR count). The number of ether oxygens (including phenoxy) is 1. The van der Waals surface area contributed by atoms with Gasteiger partial charge in [0.05, 0.1) is 12.1 Å². The van der Waals surface area contributed by atoms with Gasteiger partial charge in [0.1, 0.15) is 5.75 Å². The van der Waals surface area contributed by atoms with Crippen LogP contribution in [0.2, 0.25) is 0 Å². The summed E-state index contributed by atoms with van der Waals surface area (Å²) in [7, 11) is 0. The van der Waals surface area contributed by atoms with E-state index in [0.29, 0.717) is 5.69 Å². The quantitative estimate of drug-likeness (QED) is 0.833. The Morgan fingerprint density at radius 2 is 1.62 bits per heavy atom. The molecule has 0 spiro atoms. The molecule has 1 atom stereocenters. The first-order valence-electron chi connectivity index (χ1n) is 5.30. The Kier molecular flexibility index (Phi) is 4.52. The zero-order valence-corrected chi connectivity index (χ0v) is 9.71. The van der Waals surface area contributed by atoms with E-state index in [9.17, 15) is 8.78 Å². The van der Waals surface area contributed by atoms with E-state index < -0.39 is 12.5 Å². The normalized spacial score (nSPS) is 12.9. The molecule has 0 radical (unpaired) electrons. The standard InChI is InChI=1S/C12H17F2NO/c1-8(2)16-11-6-4-10(5-7-11)15-9(3)12(13)14/h4-9,12,15H,1-3H3. The predicted octanol–water partition coefficient (Wildman–Crippen LogP) is 3.54. The van der Waals surface area contributed by atoms with Crippen LogP contribution < -0.4 is 10.1 Å². The number of nitrogens with one attached hydrogen (secondary N) is 1. The van der Waals surface area contributed by atoms with Crippen LogP contribution in [0.5, 0.6) is 5.75 Å². The fourth-order valence-electron chi connectivity index (χ4n) is 1.23. The second kappa shape index (κ2) is 5.68. The van der Waals surface area contributed by atoms with Crippen molar-refractivity contribution >= 4 is 5.69 Å². The van der Waals surface area contributed by atoms with E-state index in [1.165, 1.54) is 6.92 Å². The number of rotatable bonds is 5. The highest BCUT2D eigenvalue weighted by atomic mass is 19.3. The number of benzene rings is 1. The van der Waals surface area contributed by atoms with Gasteiger partial charge in [0.25, 0.3) is 6.43 Å². The molecule has 0 aliphatic heterocycles. The summed E-state index contributed by atoms with van der Waals surface area (Å²) in [6.07, 6.45) is -2.26. The zero-order chi connectivity index (χ0) is 12.1. The minimum Gasteiger partial charge on any atom is -0.491 e. The van der Waals surface area contributed by atoms with E-state index in [2.05, 4.69) is 5.32 Å². The molecule has 1 aromatic rings. The number of alkyl halides is 2. The molecule has 90 valence electrons. The van der Waals surface area contributed by atoms with Gasteiger partial charge in [-0.25, -0.2) is 8.78 Å². The summed E-state index contributed by atoms with van der Waals surface area (Å²) in [6, 6.07) is 6.14. The molecule has 0 saturated carbocycles. The van der Waals surface area contributed by atoms with Crippen LogP contribution in [0.3, 0.4) is 0 Å². The van der Waals surface area contributed by atoms with Gasteiger partial charge in [-0.3, -0.25) is 0 Å². The van der Waals surface area contributed by atoms with Gasteiger partial charge >= 0.3 is 0 Å². The average Bonchev–Trinajstić information content (AvgIpc) is 2.20. The lowest BCUT2D eigenvalue weighted by Gasteiger charge is -2.15. The van der Waals surface area contributed by atoms with E-state index in [1.807, 2.05) is 13.8 Å². The smallest absolute Gasteiger partial charge is 0.258 e. The first-order valence-corrected chi connectivity index (χ1v) is 5.30. The third-order valence-corrected chi connectivity index (χ3v) is 2.00. The Balaban J connectivity index is 2.57. The molecule has 16 heavy (non-hydrogen) atoms. The Labute approximate surface area is 94.6 Å². The summed E-state index contributed by atoms with van der Waals surface area (Å²) >= 11 is 0. The lowest BCUT2D eigenvalue weighted by Crippen LogP contribution is -2.23. The topological polar surface area (TPSA) is 21.3 Å². The molecule has 1 N–H and O–H groups in total. The molecule has 1 unspecified atom stereocenters. The van der Waals surface area contributed by atoms with Crippen molar-refractivity contribution in [1.82, 2.24) is 0 Å². The van der Waals surface area contributed by atoms with Crippen LogP contribution in [0.1, 0.15) is 20.8 Å². The average molecular weight is 229 g/mol. The third kappa shape index (κ3) is 4.04. The van der Waals surface area contributed by atoms with E-state index in [0.717, 1.165) is 5.75 Å². The SMILES string of the molecule is CC(C)Oc1ccc(NC(C)C(F)F)cc1. The molecular weight excluding hydrogens is 212 g/mol. The molecule has 2 nitrogen and oxygen atoms in total. The monoisotopic (exact) mass is 229 g/mol. The first-order chi connectivity index (χ1) is 7.49. The van der Waals surface area contributed by atoms with Gasteiger partial charge in [-0.1, -0.05) is 0 Å². The molecule has 0 saturated heterocycles. The summed E-state index contributed by atoms with van der Waals surface area (Å²) in [6.45, 7) is 5.32. The highest BCUT2D eigenvalue weighted by Gasteiger charge is 2.13. The fraction of sp³-hybridized carbons (Fsp3) is 0.500. The van der Waals surface area contributed by atoms with Crippen LogP contribution in [0, 0.1) is 0 Å². The minimum atomic E-state index is -2.37. The number of anilines is 1. The molecule has 0 bridgehead atoms. The van der Waals surface area contributed by atoms with Crippen LogP contribution >= 0.6 is 0 Å². The van der Waals surface area contributed by atoms with Crippen molar-refractivity contribution < 1.29 is 13.5 Å². The van der Waals surface area contributed by atoms with Crippen molar-refractivity contribution in [3.8, 4) is 5.75 Å². The van der Waals surface area contributed by atoms with Crippen molar-refractivity contribution in [3.63, 3.8) is 0 Å². The lowest BCUT2D eigenvalue weighted by atomic mass is 10.2. The van der Waals surface area contributed by atoms with Gasteiger partial charge in [0, 0.05) is 5.69 Å². The largest absolute Gasteiger partial charge is 0.491 e. The zero-order valence-electron chi connectivity index (χ0n) is 9.71. The van der Waals surface area contributed by atoms with Gasteiger partial charge in [-0.2, -0.15) is 0 Å². The number of hydrogen-bond acceptors (Lipinski definition) is 2. The number of halogens is 2. The highest BCUT2D eigenvalue weighted by Crippen LogP contribution is 2.18. The maximum Gasteiger partial charge on any atom is 0.258 e. The van der Waals surface area contributed by atoms with E-state index >= 15 is 0 Å². The summed E-state index contributed by atoms with van der Waals surface area (Å²) in [5, 5.41) is 2.72. The third-order valence-electron chi connectivity index (χ3n) is 2.00. The summed E-state index contributed by atoms with van der Waals surface area (Å²) < 4.78 is 30.0. The van der Waals surface area contributed by atoms with E-state index in [-0.39, 0.29) is 6.10 Å². The molecule has 1 aromatic carbocycles. The van der Waals surface area contributed by atoms with Crippen LogP contribution in [0.15, 0.2) is 24.3 Å². The lowest BCUT2D eigenvalue weighted by molar-refractivity contribution is 0.131. The Morgan fingerprint density at radius 3 is 2.06 bits per heavy atom. The second-order valence-corrected chi connectivity index (χ2v) is 3.96. The number of hydrogen-bond donors (Lipinski definition) is 1. The molecule has 0 heterocycles. The molecule has 0 fully saturated rings. The van der Waals surface area contributed by atoms with Crippen molar-refractivity contribution in [3.05, 3.63) is 24.3 Å². The van der Waals surface area contributed by atoms with Crippen LogP contribution in [0.25, 0.3) is 0 Å². The molecule has 0 aromatic heterocycles. The van der Waals surface area contributed by atoms with Crippen LogP contribution in [-0.2, 0) is 0 Å². The van der Waals surface area contributed by atoms with Crippen molar-refractivity contribution in [2.24, 2.45) is 0 Å². The minimum absolute atomic E-state index is 0.110. The first kappa shape index (κ1) is 12.7. The van der Waals surface area contributed by atoms with Crippen molar-refractivity contribution in [2.45, 2.75) is 39.3 Å². The van der Waals surface area contributed by atoms with E-state index in [1.54, 1.807) is 24.3 Å².